The van der Waals surface area contributed by atoms with Crippen LogP contribution in [0.2, 0.25) is 0 Å². The quantitative estimate of drug-likeness (QED) is 0.822. The molecule has 15 heavy (non-hydrogen) atoms. The summed E-state index contributed by atoms with van der Waals surface area (Å²) >= 11 is 3.19. The van der Waals surface area contributed by atoms with E-state index in [1.165, 1.54) is 12.1 Å². The summed E-state index contributed by atoms with van der Waals surface area (Å²) in [6, 6.07) is 5.19. The van der Waals surface area contributed by atoms with Gasteiger partial charge in [0, 0.05) is 12.3 Å². The Balaban J connectivity index is 2.24. The highest BCUT2D eigenvalue weighted by Gasteiger charge is 2.02. The number of hydrogen-bond acceptors (Lipinski definition) is 1. The molecule has 0 atom stereocenters. The number of nitrogens with zero attached hydrogens (tertiary/aromatic N) is 2. The molecule has 0 saturated heterocycles. The lowest BCUT2D eigenvalue weighted by molar-refractivity contribution is 0.574. The van der Waals surface area contributed by atoms with Gasteiger partial charge in [0.05, 0.1) is 6.54 Å². The highest BCUT2D eigenvalue weighted by molar-refractivity contribution is 9.10. The zero-order chi connectivity index (χ0) is 10.8. The first-order chi connectivity index (χ1) is 7.13. The lowest BCUT2D eigenvalue weighted by Crippen LogP contribution is -2.01. The molecule has 0 aliphatic heterocycles. The molecule has 0 N–H and O–H groups in total. The van der Waals surface area contributed by atoms with E-state index in [0.29, 0.717) is 16.7 Å². The van der Waals surface area contributed by atoms with Crippen molar-refractivity contribution in [1.29, 1.82) is 0 Å². The molecule has 78 valence electrons. The van der Waals surface area contributed by atoms with Crippen molar-refractivity contribution in [1.82, 2.24) is 9.78 Å². The standard InChI is InChI=1S/C10H7BrF2N2/c11-10-1-2-15(14-10)6-7-3-8(12)5-9(13)4-7/h1-5H,6H2. The second-order valence-corrected chi connectivity index (χ2v) is 3.93. The summed E-state index contributed by atoms with van der Waals surface area (Å²) in [5.41, 5.74) is 0.545. The maximum absolute atomic E-state index is 12.9. The Hall–Kier alpha value is -1.23. The van der Waals surface area contributed by atoms with E-state index in [2.05, 4.69) is 21.0 Å². The van der Waals surface area contributed by atoms with E-state index in [1.807, 2.05) is 0 Å². The van der Waals surface area contributed by atoms with Gasteiger partial charge in [0.2, 0.25) is 0 Å². The molecular formula is C10H7BrF2N2. The van der Waals surface area contributed by atoms with Gasteiger partial charge in [-0.15, -0.1) is 0 Å². The normalized spacial score (nSPS) is 10.6. The molecule has 0 fully saturated rings. The Morgan fingerprint density at radius 3 is 2.40 bits per heavy atom. The first kappa shape index (κ1) is 10.3. The van der Waals surface area contributed by atoms with Gasteiger partial charge in [-0.2, -0.15) is 5.10 Å². The molecule has 1 aromatic heterocycles. The van der Waals surface area contributed by atoms with E-state index >= 15 is 0 Å². The van der Waals surface area contributed by atoms with Crippen LogP contribution in [0, 0.1) is 11.6 Å². The fraction of sp³-hybridized carbons (Fsp3) is 0.100. The highest BCUT2D eigenvalue weighted by atomic mass is 79.9. The van der Waals surface area contributed by atoms with Crippen molar-refractivity contribution in [3.63, 3.8) is 0 Å². The molecule has 0 spiro atoms. The van der Waals surface area contributed by atoms with Crippen LogP contribution in [0.25, 0.3) is 0 Å². The van der Waals surface area contributed by atoms with Gasteiger partial charge >= 0.3 is 0 Å². The number of rotatable bonds is 2. The molecule has 5 heteroatoms. The zero-order valence-corrected chi connectivity index (χ0v) is 9.21. The van der Waals surface area contributed by atoms with Gasteiger partial charge in [-0.25, -0.2) is 8.78 Å². The molecule has 0 bridgehead atoms. The van der Waals surface area contributed by atoms with E-state index in [0.717, 1.165) is 6.07 Å². The molecule has 0 saturated carbocycles. The average molecular weight is 273 g/mol. The van der Waals surface area contributed by atoms with Crippen molar-refractivity contribution in [2.75, 3.05) is 0 Å². The van der Waals surface area contributed by atoms with Crippen LogP contribution in [0.4, 0.5) is 8.78 Å². The Bertz CT molecular complexity index is 462. The zero-order valence-electron chi connectivity index (χ0n) is 7.62. The molecule has 0 radical (unpaired) electrons. The van der Waals surface area contributed by atoms with E-state index in [1.54, 1.807) is 16.9 Å². The highest BCUT2D eigenvalue weighted by Crippen LogP contribution is 2.10. The second kappa shape index (κ2) is 4.10. The summed E-state index contributed by atoms with van der Waals surface area (Å²) in [4.78, 5) is 0. The van der Waals surface area contributed by atoms with Crippen molar-refractivity contribution in [2.45, 2.75) is 6.54 Å². The molecule has 0 aliphatic rings. The predicted molar refractivity (Wildman–Crippen MR) is 55.4 cm³/mol. The van der Waals surface area contributed by atoms with Crippen molar-refractivity contribution >= 4 is 15.9 Å². The van der Waals surface area contributed by atoms with Gasteiger partial charge < -0.3 is 0 Å². The van der Waals surface area contributed by atoms with Crippen LogP contribution in [-0.4, -0.2) is 9.78 Å². The third kappa shape index (κ3) is 2.62. The number of aromatic nitrogens is 2. The fourth-order valence-electron chi connectivity index (χ4n) is 1.31. The van der Waals surface area contributed by atoms with Crippen LogP contribution >= 0.6 is 15.9 Å². The average Bonchev–Trinajstić information content (AvgIpc) is 2.49. The van der Waals surface area contributed by atoms with Crippen LogP contribution in [0.3, 0.4) is 0 Å². The lowest BCUT2D eigenvalue weighted by atomic mass is 10.2. The molecule has 2 nitrogen and oxygen atoms in total. The van der Waals surface area contributed by atoms with Gasteiger partial charge in [-0.1, -0.05) is 0 Å². The lowest BCUT2D eigenvalue weighted by Gasteiger charge is -2.02. The molecule has 0 amide bonds. The Morgan fingerprint density at radius 2 is 1.87 bits per heavy atom. The molecule has 0 unspecified atom stereocenters. The Kier molecular flexibility index (Phi) is 2.81. The molecule has 0 aliphatic carbocycles. The monoisotopic (exact) mass is 272 g/mol. The smallest absolute Gasteiger partial charge is 0.128 e. The minimum absolute atomic E-state index is 0.347. The van der Waals surface area contributed by atoms with Crippen molar-refractivity contribution < 1.29 is 8.78 Å². The number of benzene rings is 1. The third-order valence-corrected chi connectivity index (χ3v) is 2.30. The van der Waals surface area contributed by atoms with E-state index in [-0.39, 0.29) is 0 Å². The van der Waals surface area contributed by atoms with Crippen LogP contribution in [-0.2, 0) is 6.54 Å². The summed E-state index contributed by atoms with van der Waals surface area (Å²) in [6.07, 6.45) is 1.73. The topological polar surface area (TPSA) is 17.8 Å². The second-order valence-electron chi connectivity index (χ2n) is 3.11. The van der Waals surface area contributed by atoms with Crippen molar-refractivity contribution in [3.8, 4) is 0 Å². The first-order valence-electron chi connectivity index (χ1n) is 4.27. The van der Waals surface area contributed by atoms with Crippen molar-refractivity contribution in [2.24, 2.45) is 0 Å². The Morgan fingerprint density at radius 1 is 1.20 bits per heavy atom. The van der Waals surface area contributed by atoms with Crippen LogP contribution in [0.15, 0.2) is 35.1 Å². The van der Waals surface area contributed by atoms with E-state index < -0.39 is 11.6 Å². The van der Waals surface area contributed by atoms with Gasteiger partial charge in [-0.3, -0.25) is 4.68 Å². The molecule has 1 heterocycles. The van der Waals surface area contributed by atoms with Crippen LogP contribution in [0.5, 0.6) is 0 Å². The number of hydrogen-bond donors (Lipinski definition) is 0. The first-order valence-corrected chi connectivity index (χ1v) is 5.07. The van der Waals surface area contributed by atoms with E-state index in [4.69, 9.17) is 0 Å². The number of halogens is 3. The van der Waals surface area contributed by atoms with Crippen LogP contribution < -0.4 is 0 Å². The maximum Gasteiger partial charge on any atom is 0.128 e. The Labute approximate surface area is 93.7 Å². The molecule has 2 rings (SSSR count). The van der Waals surface area contributed by atoms with Crippen LogP contribution in [0.1, 0.15) is 5.56 Å². The summed E-state index contributed by atoms with van der Waals surface area (Å²) in [5.74, 6) is -1.15. The van der Waals surface area contributed by atoms with Gasteiger partial charge in [-0.05, 0) is 39.7 Å². The van der Waals surface area contributed by atoms with E-state index in [9.17, 15) is 8.78 Å². The summed E-state index contributed by atoms with van der Waals surface area (Å²) < 4.78 is 28.0. The SMILES string of the molecule is Fc1cc(F)cc(Cn2ccc(Br)n2)c1. The van der Waals surface area contributed by atoms with Gasteiger partial charge in [0.1, 0.15) is 16.2 Å². The summed E-state index contributed by atoms with van der Waals surface area (Å²) in [7, 11) is 0. The summed E-state index contributed by atoms with van der Waals surface area (Å²) in [5, 5.41) is 4.05. The molecule has 2 aromatic rings. The summed E-state index contributed by atoms with van der Waals surface area (Å²) in [6.45, 7) is 0.347. The van der Waals surface area contributed by atoms with Gasteiger partial charge in [0.15, 0.2) is 0 Å². The largest absolute Gasteiger partial charge is 0.267 e. The minimum atomic E-state index is -0.573. The maximum atomic E-state index is 12.9. The van der Waals surface area contributed by atoms with Crippen molar-refractivity contribution in [3.05, 3.63) is 52.3 Å². The molecule has 1 aromatic carbocycles. The fourth-order valence-corrected chi connectivity index (χ4v) is 1.64. The van der Waals surface area contributed by atoms with Gasteiger partial charge in [0.25, 0.3) is 0 Å². The predicted octanol–water partition coefficient (Wildman–Crippen LogP) is 2.97. The third-order valence-electron chi connectivity index (χ3n) is 1.88. The minimum Gasteiger partial charge on any atom is -0.267 e. The molecular weight excluding hydrogens is 266 g/mol.